The molecule has 4 rings (SSSR count). The summed E-state index contributed by atoms with van der Waals surface area (Å²) in [4.78, 5) is 44.9. The SMILES string of the molecule is Cc1c(-c2ncco2)sc2[nH]c(=O)n([C@@H]3CCNC3=O)c(=O)c12. The highest BCUT2D eigenvalue weighted by atomic mass is 32.1. The number of H-pyrrole nitrogens is 1. The Morgan fingerprint density at radius 2 is 2.22 bits per heavy atom. The zero-order valence-electron chi connectivity index (χ0n) is 12.1. The summed E-state index contributed by atoms with van der Waals surface area (Å²) >= 11 is 1.24. The number of hydrogen-bond donors (Lipinski definition) is 2. The molecule has 0 radical (unpaired) electrons. The van der Waals surface area contributed by atoms with Gasteiger partial charge in [-0.05, 0) is 18.9 Å². The van der Waals surface area contributed by atoms with Crippen LogP contribution in [0.3, 0.4) is 0 Å². The van der Waals surface area contributed by atoms with Gasteiger partial charge >= 0.3 is 5.69 Å². The molecule has 118 valence electrons. The minimum absolute atomic E-state index is 0.308. The van der Waals surface area contributed by atoms with Crippen LogP contribution in [0.15, 0.2) is 26.5 Å². The van der Waals surface area contributed by atoms with Crippen molar-refractivity contribution in [2.75, 3.05) is 6.54 Å². The number of aromatic nitrogens is 3. The molecular weight excluding hydrogens is 320 g/mol. The molecule has 0 unspecified atom stereocenters. The van der Waals surface area contributed by atoms with Crippen LogP contribution in [-0.4, -0.2) is 27.0 Å². The number of fused-ring (bicyclic) bond motifs is 1. The molecule has 1 amide bonds. The van der Waals surface area contributed by atoms with Crippen LogP contribution in [0.2, 0.25) is 0 Å². The Balaban J connectivity index is 2.01. The molecule has 3 aromatic heterocycles. The van der Waals surface area contributed by atoms with Crippen molar-refractivity contribution in [1.29, 1.82) is 0 Å². The van der Waals surface area contributed by atoms with Crippen LogP contribution in [0.4, 0.5) is 0 Å². The van der Waals surface area contributed by atoms with Gasteiger partial charge < -0.3 is 9.73 Å². The third-order valence-corrected chi connectivity index (χ3v) is 5.17. The second kappa shape index (κ2) is 4.92. The van der Waals surface area contributed by atoms with Gasteiger partial charge in [-0.25, -0.2) is 14.3 Å². The summed E-state index contributed by atoms with van der Waals surface area (Å²) < 4.78 is 6.29. The minimum Gasteiger partial charge on any atom is -0.444 e. The molecule has 0 bridgehead atoms. The van der Waals surface area contributed by atoms with E-state index in [4.69, 9.17) is 4.42 Å². The molecule has 0 aromatic carbocycles. The van der Waals surface area contributed by atoms with E-state index < -0.39 is 17.3 Å². The Morgan fingerprint density at radius 1 is 1.39 bits per heavy atom. The largest absolute Gasteiger partial charge is 0.444 e. The number of carbonyl (C=O) groups excluding carboxylic acids is 1. The van der Waals surface area contributed by atoms with Crippen molar-refractivity contribution in [3.63, 3.8) is 0 Å². The average molecular weight is 332 g/mol. The Morgan fingerprint density at radius 3 is 2.87 bits per heavy atom. The lowest BCUT2D eigenvalue weighted by atomic mass is 10.2. The van der Waals surface area contributed by atoms with Gasteiger partial charge in [0.25, 0.3) is 5.56 Å². The second-order valence-electron chi connectivity index (χ2n) is 5.30. The lowest BCUT2D eigenvalue weighted by molar-refractivity contribution is -0.122. The van der Waals surface area contributed by atoms with Crippen LogP contribution < -0.4 is 16.6 Å². The highest BCUT2D eigenvalue weighted by molar-refractivity contribution is 7.22. The van der Waals surface area contributed by atoms with Crippen molar-refractivity contribution >= 4 is 27.5 Å². The smallest absolute Gasteiger partial charge is 0.330 e. The van der Waals surface area contributed by atoms with Gasteiger partial charge in [0.15, 0.2) is 0 Å². The van der Waals surface area contributed by atoms with Gasteiger partial charge in [0.05, 0.1) is 16.5 Å². The predicted octanol–water partition coefficient (Wildman–Crippen LogP) is 0.776. The number of nitrogens with zero attached hydrogens (tertiary/aromatic N) is 2. The first-order chi connectivity index (χ1) is 11.1. The number of aryl methyl sites for hydroxylation is 1. The first kappa shape index (κ1) is 13.9. The summed E-state index contributed by atoms with van der Waals surface area (Å²) in [5, 5.41) is 3.03. The summed E-state index contributed by atoms with van der Waals surface area (Å²) in [6.07, 6.45) is 3.38. The van der Waals surface area contributed by atoms with Crippen LogP contribution >= 0.6 is 11.3 Å². The number of carbonyl (C=O) groups is 1. The molecule has 1 fully saturated rings. The fraction of sp³-hybridized carbons (Fsp3) is 0.286. The molecule has 8 nitrogen and oxygen atoms in total. The van der Waals surface area contributed by atoms with Crippen molar-refractivity contribution in [3.8, 4) is 10.8 Å². The van der Waals surface area contributed by atoms with Gasteiger partial charge in [-0.2, -0.15) is 0 Å². The highest BCUT2D eigenvalue weighted by Crippen LogP contribution is 2.34. The van der Waals surface area contributed by atoms with E-state index in [1.54, 1.807) is 6.92 Å². The fourth-order valence-electron chi connectivity index (χ4n) is 2.88. The molecule has 9 heteroatoms. The lowest BCUT2D eigenvalue weighted by Crippen LogP contribution is -2.40. The molecule has 1 aliphatic heterocycles. The molecule has 1 saturated heterocycles. The number of oxazole rings is 1. The molecule has 3 aromatic rings. The third kappa shape index (κ3) is 1.96. The molecule has 4 heterocycles. The maximum absolute atomic E-state index is 12.8. The summed E-state index contributed by atoms with van der Waals surface area (Å²) in [6, 6.07) is -0.764. The normalized spacial score (nSPS) is 17.8. The van der Waals surface area contributed by atoms with Crippen LogP contribution in [0.1, 0.15) is 18.0 Å². The van der Waals surface area contributed by atoms with E-state index in [9.17, 15) is 14.4 Å². The maximum atomic E-state index is 12.8. The van der Waals surface area contributed by atoms with Gasteiger partial charge in [-0.3, -0.25) is 14.6 Å². The molecule has 0 aliphatic carbocycles. The molecule has 0 saturated carbocycles. The van der Waals surface area contributed by atoms with E-state index in [2.05, 4.69) is 15.3 Å². The van der Waals surface area contributed by atoms with E-state index in [0.29, 0.717) is 39.5 Å². The topological polar surface area (TPSA) is 110 Å². The molecule has 1 aliphatic rings. The van der Waals surface area contributed by atoms with Crippen molar-refractivity contribution in [1.82, 2.24) is 19.9 Å². The highest BCUT2D eigenvalue weighted by Gasteiger charge is 2.30. The van der Waals surface area contributed by atoms with E-state index in [0.717, 1.165) is 4.57 Å². The van der Waals surface area contributed by atoms with E-state index in [1.165, 1.54) is 23.8 Å². The monoisotopic (exact) mass is 332 g/mol. The molecular formula is C14H12N4O4S. The van der Waals surface area contributed by atoms with Gasteiger partial charge in [0, 0.05) is 6.54 Å². The van der Waals surface area contributed by atoms with Crippen molar-refractivity contribution < 1.29 is 9.21 Å². The zero-order valence-corrected chi connectivity index (χ0v) is 12.9. The number of thiophene rings is 1. The van der Waals surface area contributed by atoms with Crippen LogP contribution in [0.5, 0.6) is 0 Å². The number of rotatable bonds is 2. The average Bonchev–Trinajstić information content (AvgIpc) is 3.21. The van der Waals surface area contributed by atoms with Gasteiger partial charge in [-0.15, -0.1) is 11.3 Å². The summed E-state index contributed by atoms with van der Waals surface area (Å²) in [5.74, 6) is 0.0897. The fourth-order valence-corrected chi connectivity index (χ4v) is 4.01. The third-order valence-electron chi connectivity index (χ3n) is 3.98. The van der Waals surface area contributed by atoms with Crippen LogP contribution in [0.25, 0.3) is 21.0 Å². The quantitative estimate of drug-likeness (QED) is 0.720. The van der Waals surface area contributed by atoms with Crippen molar-refractivity contribution in [2.45, 2.75) is 19.4 Å². The predicted molar refractivity (Wildman–Crippen MR) is 83.6 cm³/mol. The van der Waals surface area contributed by atoms with Crippen LogP contribution in [0, 0.1) is 6.92 Å². The van der Waals surface area contributed by atoms with Gasteiger partial charge in [-0.1, -0.05) is 0 Å². The Labute approximate surface area is 132 Å². The number of amides is 1. The summed E-state index contributed by atoms with van der Waals surface area (Å²) in [7, 11) is 0. The molecule has 23 heavy (non-hydrogen) atoms. The molecule has 2 N–H and O–H groups in total. The Bertz CT molecular complexity index is 1030. The lowest BCUT2D eigenvalue weighted by Gasteiger charge is -2.09. The van der Waals surface area contributed by atoms with Crippen molar-refractivity contribution in [2.24, 2.45) is 0 Å². The van der Waals surface area contributed by atoms with E-state index in [-0.39, 0.29) is 5.91 Å². The summed E-state index contributed by atoms with van der Waals surface area (Å²) in [6.45, 7) is 2.23. The Hall–Kier alpha value is -2.68. The second-order valence-corrected chi connectivity index (χ2v) is 6.32. The zero-order chi connectivity index (χ0) is 16.1. The Kier molecular flexibility index (Phi) is 2.98. The van der Waals surface area contributed by atoms with E-state index >= 15 is 0 Å². The first-order valence-electron chi connectivity index (χ1n) is 7.03. The number of hydrogen-bond acceptors (Lipinski definition) is 6. The van der Waals surface area contributed by atoms with Gasteiger partial charge in [0.1, 0.15) is 17.1 Å². The minimum atomic E-state index is -0.764. The molecule has 0 spiro atoms. The standard InChI is InChI=1S/C14H12N4O4S/c1-6-8-12(23-9(6)11-16-4-5-22-11)17-14(21)18(13(8)20)7-2-3-15-10(7)19/h4-5,7H,2-3H2,1H3,(H,15,19)(H,17,21)/t7-/m1/s1. The maximum Gasteiger partial charge on any atom is 0.330 e. The summed E-state index contributed by atoms with van der Waals surface area (Å²) in [5.41, 5.74) is -0.358. The molecule has 1 atom stereocenters. The van der Waals surface area contributed by atoms with Gasteiger partial charge in [0.2, 0.25) is 11.8 Å². The number of aromatic amines is 1. The first-order valence-corrected chi connectivity index (χ1v) is 7.85. The van der Waals surface area contributed by atoms with Crippen molar-refractivity contribution in [3.05, 3.63) is 38.9 Å². The number of nitrogens with one attached hydrogen (secondary N) is 2. The van der Waals surface area contributed by atoms with Crippen LogP contribution in [-0.2, 0) is 4.79 Å². The van der Waals surface area contributed by atoms with E-state index in [1.807, 2.05) is 0 Å².